The van der Waals surface area contributed by atoms with Crippen LogP contribution < -0.4 is 0 Å². The van der Waals surface area contributed by atoms with Crippen LogP contribution in [0.4, 0.5) is 0 Å². The molecule has 0 saturated heterocycles. The Kier molecular flexibility index (Phi) is 11.5. The number of hydrogen-bond acceptors (Lipinski definition) is 3. The van der Waals surface area contributed by atoms with E-state index in [1.165, 1.54) is 111 Å². The van der Waals surface area contributed by atoms with Gasteiger partial charge in [-0.25, -0.2) is 4.98 Å². The van der Waals surface area contributed by atoms with E-state index in [2.05, 4.69) is 54.9 Å². The van der Waals surface area contributed by atoms with Crippen LogP contribution in [0.25, 0.3) is 21.1 Å². The number of rotatable bonds is 16. The lowest BCUT2D eigenvalue weighted by Gasteiger charge is -2.08. The summed E-state index contributed by atoms with van der Waals surface area (Å²) in [7, 11) is 0. The third-order valence-electron chi connectivity index (χ3n) is 6.31. The first kappa shape index (κ1) is 25.2. The van der Waals surface area contributed by atoms with Gasteiger partial charge in [0.1, 0.15) is 0 Å². The average molecular weight is 468 g/mol. The highest BCUT2D eigenvalue weighted by atomic mass is 32.1. The third-order valence-corrected chi connectivity index (χ3v) is 8.27. The summed E-state index contributed by atoms with van der Waals surface area (Å²) in [5.41, 5.74) is 5.26. The molecule has 0 aliphatic carbocycles. The Morgan fingerprint density at radius 2 is 1.00 bits per heavy atom. The highest BCUT2D eigenvalue weighted by Crippen LogP contribution is 2.34. The lowest BCUT2D eigenvalue weighted by Crippen LogP contribution is -1.92. The molecule has 3 aromatic heterocycles. The Hall–Kier alpha value is -1.45. The van der Waals surface area contributed by atoms with Gasteiger partial charge < -0.3 is 0 Å². The van der Waals surface area contributed by atoms with E-state index in [9.17, 15) is 0 Å². The van der Waals surface area contributed by atoms with Crippen LogP contribution in [0.3, 0.4) is 0 Å². The maximum atomic E-state index is 5.14. The number of aromatic nitrogens is 1. The maximum absolute atomic E-state index is 5.14. The quantitative estimate of drug-likeness (QED) is 0.191. The van der Waals surface area contributed by atoms with Crippen molar-refractivity contribution in [2.75, 3.05) is 0 Å². The Bertz CT molecular complexity index is 822. The van der Waals surface area contributed by atoms with Crippen LogP contribution in [0.15, 0.2) is 41.1 Å². The standard InChI is InChI=1S/C29H41NS2/c1-3-5-7-9-11-13-16-24-20-22-31-28(24)26-18-15-19-27(30-26)29-25(21-23-32-29)17-14-12-10-8-6-4-2/h15,18-23H,3-14,16-17H2,1-2H3. The van der Waals surface area contributed by atoms with Gasteiger partial charge in [0.05, 0.1) is 21.1 Å². The van der Waals surface area contributed by atoms with E-state index in [-0.39, 0.29) is 0 Å². The highest BCUT2D eigenvalue weighted by molar-refractivity contribution is 7.14. The molecule has 32 heavy (non-hydrogen) atoms. The van der Waals surface area contributed by atoms with E-state index >= 15 is 0 Å². The number of aryl methyl sites for hydroxylation is 2. The van der Waals surface area contributed by atoms with Crippen molar-refractivity contribution in [3.63, 3.8) is 0 Å². The smallest absolute Gasteiger partial charge is 0.0812 e. The van der Waals surface area contributed by atoms with Crippen LogP contribution in [0.5, 0.6) is 0 Å². The fourth-order valence-corrected chi connectivity index (χ4v) is 6.24. The Labute approximate surface area is 204 Å². The predicted molar refractivity (Wildman–Crippen MR) is 145 cm³/mol. The summed E-state index contributed by atoms with van der Waals surface area (Å²) in [5, 5.41) is 4.48. The van der Waals surface area contributed by atoms with Gasteiger partial charge >= 0.3 is 0 Å². The second-order valence-electron chi connectivity index (χ2n) is 8.99. The van der Waals surface area contributed by atoms with E-state index in [4.69, 9.17) is 4.98 Å². The molecule has 1 nitrogen and oxygen atoms in total. The van der Waals surface area contributed by atoms with E-state index in [0.29, 0.717) is 0 Å². The Balaban J connectivity index is 1.60. The highest BCUT2D eigenvalue weighted by Gasteiger charge is 2.12. The summed E-state index contributed by atoms with van der Waals surface area (Å²) in [6.07, 6.45) is 18.6. The van der Waals surface area contributed by atoms with Crippen LogP contribution >= 0.6 is 22.7 Å². The molecule has 174 valence electrons. The van der Waals surface area contributed by atoms with Gasteiger partial charge in [-0.05, 0) is 71.8 Å². The van der Waals surface area contributed by atoms with Crippen molar-refractivity contribution in [2.24, 2.45) is 0 Å². The molecule has 0 N–H and O–H groups in total. The molecule has 0 fully saturated rings. The minimum Gasteiger partial charge on any atom is -0.246 e. The molecule has 0 unspecified atom stereocenters. The fraction of sp³-hybridized carbons (Fsp3) is 0.552. The average Bonchev–Trinajstić information content (AvgIpc) is 3.48. The Morgan fingerprint density at radius 1 is 0.562 bits per heavy atom. The monoisotopic (exact) mass is 467 g/mol. The van der Waals surface area contributed by atoms with Gasteiger partial charge in [-0.3, -0.25) is 0 Å². The number of hydrogen-bond donors (Lipinski definition) is 0. The number of thiophene rings is 2. The zero-order valence-corrected chi connectivity index (χ0v) is 21.8. The van der Waals surface area contributed by atoms with Gasteiger partial charge in [-0.2, -0.15) is 0 Å². The molecule has 0 atom stereocenters. The second-order valence-corrected chi connectivity index (χ2v) is 10.8. The summed E-state index contributed by atoms with van der Waals surface area (Å²) >= 11 is 3.70. The van der Waals surface area contributed by atoms with Gasteiger partial charge in [-0.1, -0.05) is 84.1 Å². The predicted octanol–water partition coefficient (Wildman–Crippen LogP) is 10.3. The molecule has 3 heterocycles. The molecular weight excluding hydrogens is 426 g/mol. The van der Waals surface area contributed by atoms with E-state index in [1.807, 2.05) is 22.7 Å². The van der Waals surface area contributed by atoms with Crippen molar-refractivity contribution in [1.82, 2.24) is 4.98 Å². The number of unbranched alkanes of at least 4 members (excludes halogenated alkanes) is 10. The van der Waals surface area contributed by atoms with Crippen LogP contribution in [0.2, 0.25) is 0 Å². The van der Waals surface area contributed by atoms with Crippen LogP contribution in [-0.2, 0) is 12.8 Å². The summed E-state index contributed by atoms with van der Waals surface area (Å²) in [5.74, 6) is 0. The van der Waals surface area contributed by atoms with Crippen molar-refractivity contribution in [2.45, 2.75) is 104 Å². The summed E-state index contributed by atoms with van der Waals surface area (Å²) in [6.45, 7) is 4.57. The van der Waals surface area contributed by atoms with Gasteiger partial charge in [0.25, 0.3) is 0 Å². The zero-order chi connectivity index (χ0) is 22.4. The lowest BCUT2D eigenvalue weighted by atomic mass is 10.0. The topological polar surface area (TPSA) is 12.9 Å². The van der Waals surface area contributed by atoms with Gasteiger partial charge in [0, 0.05) is 0 Å². The van der Waals surface area contributed by atoms with Crippen molar-refractivity contribution >= 4 is 22.7 Å². The molecule has 0 aliphatic rings. The molecule has 3 rings (SSSR count). The summed E-state index contributed by atoms with van der Waals surface area (Å²) in [4.78, 5) is 7.88. The van der Waals surface area contributed by atoms with Crippen molar-refractivity contribution < 1.29 is 0 Å². The van der Waals surface area contributed by atoms with Crippen LogP contribution in [0.1, 0.15) is 102 Å². The molecular formula is C29H41NS2. The number of pyridine rings is 1. The SMILES string of the molecule is CCCCCCCCc1ccsc1-c1cccc(-c2sccc2CCCCCCCC)n1. The summed E-state index contributed by atoms with van der Waals surface area (Å²) < 4.78 is 0. The van der Waals surface area contributed by atoms with Gasteiger partial charge in [0.2, 0.25) is 0 Å². The van der Waals surface area contributed by atoms with E-state index in [1.54, 1.807) is 0 Å². The zero-order valence-electron chi connectivity index (χ0n) is 20.2. The fourth-order valence-electron chi connectivity index (χ4n) is 4.39. The first-order valence-electron chi connectivity index (χ1n) is 12.9. The van der Waals surface area contributed by atoms with Crippen LogP contribution in [0, 0.1) is 0 Å². The van der Waals surface area contributed by atoms with E-state index in [0.717, 1.165) is 11.4 Å². The van der Waals surface area contributed by atoms with Gasteiger partial charge in [0.15, 0.2) is 0 Å². The van der Waals surface area contributed by atoms with Gasteiger partial charge in [-0.15, -0.1) is 22.7 Å². The molecule has 3 aromatic rings. The summed E-state index contributed by atoms with van der Waals surface area (Å²) in [6, 6.07) is 11.2. The first-order valence-corrected chi connectivity index (χ1v) is 14.7. The molecule has 0 spiro atoms. The number of nitrogens with zero attached hydrogens (tertiary/aromatic N) is 1. The molecule has 0 amide bonds. The lowest BCUT2D eigenvalue weighted by molar-refractivity contribution is 0.608. The minimum absolute atomic E-state index is 1.15. The molecule has 0 radical (unpaired) electrons. The third kappa shape index (κ3) is 7.85. The molecule has 3 heteroatoms. The van der Waals surface area contributed by atoms with E-state index < -0.39 is 0 Å². The normalized spacial score (nSPS) is 11.3. The molecule has 0 bridgehead atoms. The molecule has 0 aliphatic heterocycles. The first-order chi connectivity index (χ1) is 15.8. The maximum Gasteiger partial charge on any atom is 0.0812 e. The van der Waals surface area contributed by atoms with Crippen molar-refractivity contribution in [3.8, 4) is 21.1 Å². The largest absolute Gasteiger partial charge is 0.246 e. The molecule has 0 aromatic carbocycles. The van der Waals surface area contributed by atoms with Crippen molar-refractivity contribution in [3.05, 3.63) is 52.2 Å². The van der Waals surface area contributed by atoms with Crippen LogP contribution in [-0.4, -0.2) is 4.98 Å². The minimum atomic E-state index is 1.15. The second kappa shape index (κ2) is 14.6. The Morgan fingerprint density at radius 3 is 1.47 bits per heavy atom. The molecule has 0 saturated carbocycles. The van der Waals surface area contributed by atoms with Crippen molar-refractivity contribution in [1.29, 1.82) is 0 Å².